The van der Waals surface area contributed by atoms with Gasteiger partial charge in [0.2, 0.25) is 0 Å². The second-order valence-corrected chi connectivity index (χ2v) is 5.93. The summed E-state index contributed by atoms with van der Waals surface area (Å²) in [7, 11) is 0. The molecule has 21 heavy (non-hydrogen) atoms. The number of thiazole rings is 1. The summed E-state index contributed by atoms with van der Waals surface area (Å²) in [6.07, 6.45) is 0. The Morgan fingerprint density at radius 2 is 2.00 bits per heavy atom. The van der Waals surface area contributed by atoms with Crippen molar-refractivity contribution in [2.75, 3.05) is 26.3 Å². The Morgan fingerprint density at radius 1 is 1.29 bits per heavy atom. The van der Waals surface area contributed by atoms with Gasteiger partial charge in [-0.3, -0.25) is 4.90 Å². The molecule has 6 heteroatoms. The lowest BCUT2D eigenvalue weighted by molar-refractivity contribution is 0.0341. The van der Waals surface area contributed by atoms with E-state index < -0.39 is 5.97 Å². The maximum atomic E-state index is 11.4. The van der Waals surface area contributed by atoms with Crippen LogP contribution in [0.15, 0.2) is 30.3 Å². The lowest BCUT2D eigenvalue weighted by atomic mass is 10.1. The van der Waals surface area contributed by atoms with Crippen LogP contribution in [0.25, 0.3) is 11.3 Å². The average Bonchev–Trinajstić information content (AvgIpc) is 2.93. The van der Waals surface area contributed by atoms with E-state index in [1.54, 1.807) is 0 Å². The molecule has 0 saturated carbocycles. The molecule has 5 nitrogen and oxygen atoms in total. The number of ether oxygens (including phenoxy) is 1. The van der Waals surface area contributed by atoms with Gasteiger partial charge in [-0.1, -0.05) is 30.3 Å². The molecular weight excluding hydrogens is 288 g/mol. The van der Waals surface area contributed by atoms with Gasteiger partial charge in [-0.15, -0.1) is 11.3 Å². The molecule has 0 unspecified atom stereocenters. The number of morpholine rings is 1. The summed E-state index contributed by atoms with van der Waals surface area (Å²) in [6.45, 7) is 3.86. The van der Waals surface area contributed by atoms with E-state index in [9.17, 15) is 9.90 Å². The molecule has 1 saturated heterocycles. The highest BCUT2D eigenvalue weighted by atomic mass is 32.1. The number of hydrogen-bond acceptors (Lipinski definition) is 5. The Morgan fingerprint density at radius 3 is 2.67 bits per heavy atom. The first kappa shape index (κ1) is 14.2. The molecule has 3 rings (SSSR count). The number of rotatable bonds is 4. The number of nitrogens with zero attached hydrogens (tertiary/aromatic N) is 2. The molecule has 0 spiro atoms. The molecule has 2 heterocycles. The molecule has 0 bridgehead atoms. The van der Waals surface area contributed by atoms with Crippen molar-refractivity contribution in [2.24, 2.45) is 0 Å². The van der Waals surface area contributed by atoms with Crippen molar-refractivity contribution < 1.29 is 14.6 Å². The zero-order valence-electron chi connectivity index (χ0n) is 11.5. The summed E-state index contributed by atoms with van der Waals surface area (Å²) in [5.41, 5.74) is 1.41. The molecule has 1 aromatic carbocycles. The average molecular weight is 304 g/mol. The van der Waals surface area contributed by atoms with Crippen LogP contribution in [0.5, 0.6) is 0 Å². The number of carbonyl (C=O) groups is 1. The lowest BCUT2D eigenvalue weighted by Gasteiger charge is -2.25. The number of carboxylic acids is 1. The van der Waals surface area contributed by atoms with E-state index in [0.29, 0.717) is 17.1 Å². The van der Waals surface area contributed by atoms with Crippen LogP contribution < -0.4 is 0 Å². The molecule has 2 aromatic rings. The Balaban J connectivity index is 1.87. The molecule has 0 atom stereocenters. The molecule has 1 aliphatic heterocycles. The van der Waals surface area contributed by atoms with Gasteiger partial charge in [0.25, 0.3) is 0 Å². The normalized spacial score (nSPS) is 16.0. The van der Waals surface area contributed by atoms with E-state index >= 15 is 0 Å². The summed E-state index contributed by atoms with van der Waals surface area (Å²) >= 11 is 1.26. The van der Waals surface area contributed by atoms with E-state index in [1.807, 2.05) is 30.3 Å². The lowest BCUT2D eigenvalue weighted by Crippen LogP contribution is -2.35. The maximum absolute atomic E-state index is 11.4. The SMILES string of the molecule is O=C(O)c1sc(CN2CCOCC2)nc1-c1ccccc1. The second kappa shape index (κ2) is 6.34. The van der Waals surface area contributed by atoms with Gasteiger partial charge in [0.05, 0.1) is 25.5 Å². The summed E-state index contributed by atoms with van der Waals surface area (Å²) in [5, 5.41) is 10.2. The molecule has 0 aliphatic carbocycles. The smallest absolute Gasteiger partial charge is 0.348 e. The van der Waals surface area contributed by atoms with Gasteiger partial charge in [0.1, 0.15) is 9.88 Å². The fourth-order valence-electron chi connectivity index (χ4n) is 2.32. The molecule has 1 aromatic heterocycles. The van der Waals surface area contributed by atoms with Crippen LogP contribution in [-0.2, 0) is 11.3 Å². The van der Waals surface area contributed by atoms with Crippen molar-refractivity contribution in [1.29, 1.82) is 0 Å². The van der Waals surface area contributed by atoms with Crippen molar-refractivity contribution >= 4 is 17.3 Å². The molecule has 1 fully saturated rings. The fraction of sp³-hybridized carbons (Fsp3) is 0.333. The van der Waals surface area contributed by atoms with Gasteiger partial charge in [0.15, 0.2) is 0 Å². The Bertz CT molecular complexity index is 621. The van der Waals surface area contributed by atoms with E-state index in [2.05, 4.69) is 9.88 Å². The third-order valence-electron chi connectivity index (χ3n) is 3.38. The van der Waals surface area contributed by atoms with Gasteiger partial charge in [-0.25, -0.2) is 9.78 Å². The van der Waals surface area contributed by atoms with Crippen LogP contribution in [0.1, 0.15) is 14.7 Å². The van der Waals surface area contributed by atoms with Crippen LogP contribution >= 0.6 is 11.3 Å². The highest BCUT2D eigenvalue weighted by Gasteiger charge is 2.20. The maximum Gasteiger partial charge on any atom is 0.348 e. The van der Waals surface area contributed by atoms with Gasteiger partial charge in [-0.2, -0.15) is 0 Å². The van der Waals surface area contributed by atoms with E-state index in [1.165, 1.54) is 11.3 Å². The molecule has 1 N–H and O–H groups in total. The quantitative estimate of drug-likeness (QED) is 0.939. The van der Waals surface area contributed by atoms with E-state index in [0.717, 1.165) is 36.9 Å². The second-order valence-electron chi connectivity index (χ2n) is 4.85. The summed E-state index contributed by atoms with van der Waals surface area (Å²) < 4.78 is 5.32. The van der Waals surface area contributed by atoms with Crippen LogP contribution in [0, 0.1) is 0 Å². The number of aromatic nitrogens is 1. The van der Waals surface area contributed by atoms with Gasteiger partial charge >= 0.3 is 5.97 Å². The van der Waals surface area contributed by atoms with Gasteiger partial charge in [-0.05, 0) is 0 Å². The molecule has 0 amide bonds. The first-order valence-electron chi connectivity index (χ1n) is 6.82. The van der Waals surface area contributed by atoms with Crippen molar-refractivity contribution in [1.82, 2.24) is 9.88 Å². The standard InChI is InChI=1S/C15H16N2O3S/c18-15(19)14-13(11-4-2-1-3-5-11)16-12(21-14)10-17-6-8-20-9-7-17/h1-5H,6-10H2,(H,18,19). The first-order chi connectivity index (χ1) is 10.2. The minimum Gasteiger partial charge on any atom is -0.477 e. The van der Waals surface area contributed by atoms with Crippen LogP contribution in [0.4, 0.5) is 0 Å². The molecule has 110 valence electrons. The highest BCUT2D eigenvalue weighted by molar-refractivity contribution is 7.14. The third kappa shape index (κ3) is 3.29. The Labute approximate surface area is 126 Å². The number of aromatic carboxylic acids is 1. The predicted molar refractivity (Wildman–Crippen MR) is 80.6 cm³/mol. The summed E-state index contributed by atoms with van der Waals surface area (Å²) in [5.74, 6) is -0.917. The summed E-state index contributed by atoms with van der Waals surface area (Å²) in [4.78, 5) is 18.5. The molecular formula is C15H16N2O3S. The zero-order chi connectivity index (χ0) is 14.7. The third-order valence-corrected chi connectivity index (χ3v) is 4.40. The van der Waals surface area contributed by atoms with Gasteiger partial charge < -0.3 is 9.84 Å². The zero-order valence-corrected chi connectivity index (χ0v) is 12.3. The Hall–Kier alpha value is -1.76. The van der Waals surface area contributed by atoms with Crippen molar-refractivity contribution in [3.8, 4) is 11.3 Å². The minimum atomic E-state index is -0.917. The molecule has 0 radical (unpaired) electrons. The van der Waals surface area contributed by atoms with Crippen LogP contribution in [0.3, 0.4) is 0 Å². The number of carboxylic acid groups (broad SMARTS) is 1. The van der Waals surface area contributed by atoms with E-state index in [-0.39, 0.29) is 0 Å². The Kier molecular flexibility index (Phi) is 4.28. The van der Waals surface area contributed by atoms with Crippen LogP contribution in [-0.4, -0.2) is 47.3 Å². The monoisotopic (exact) mass is 304 g/mol. The highest BCUT2D eigenvalue weighted by Crippen LogP contribution is 2.29. The van der Waals surface area contributed by atoms with Crippen molar-refractivity contribution in [2.45, 2.75) is 6.54 Å². The minimum absolute atomic E-state index is 0.310. The first-order valence-corrected chi connectivity index (χ1v) is 7.64. The molecule has 1 aliphatic rings. The largest absolute Gasteiger partial charge is 0.477 e. The summed E-state index contributed by atoms with van der Waals surface area (Å²) in [6, 6.07) is 9.47. The van der Waals surface area contributed by atoms with Crippen molar-refractivity contribution in [3.05, 3.63) is 40.2 Å². The topological polar surface area (TPSA) is 62.7 Å². The fourth-order valence-corrected chi connectivity index (χ4v) is 3.29. The van der Waals surface area contributed by atoms with Crippen molar-refractivity contribution in [3.63, 3.8) is 0 Å². The van der Waals surface area contributed by atoms with E-state index in [4.69, 9.17) is 4.74 Å². The van der Waals surface area contributed by atoms with Gasteiger partial charge in [0, 0.05) is 18.7 Å². The van der Waals surface area contributed by atoms with Crippen LogP contribution in [0.2, 0.25) is 0 Å². The predicted octanol–water partition coefficient (Wildman–Crippen LogP) is 2.34. The number of benzene rings is 1. The number of hydrogen-bond donors (Lipinski definition) is 1.